The normalized spacial score (nSPS) is 17.9. The lowest BCUT2D eigenvalue weighted by atomic mass is 9.85. The Morgan fingerprint density at radius 2 is 1.80 bits per heavy atom. The molecule has 0 saturated heterocycles. The van der Waals surface area contributed by atoms with Crippen molar-refractivity contribution in [3.05, 3.63) is 119 Å². The van der Waals surface area contributed by atoms with Crippen LogP contribution in [0.1, 0.15) is 34.0 Å². The molecule has 1 aliphatic carbocycles. The van der Waals surface area contributed by atoms with Gasteiger partial charge in [0.15, 0.2) is 4.80 Å². The molecule has 0 radical (unpaired) electrons. The maximum Gasteiger partial charge on any atom is 0.271 e. The van der Waals surface area contributed by atoms with Gasteiger partial charge in [-0.25, -0.2) is 4.99 Å². The summed E-state index contributed by atoms with van der Waals surface area (Å²) in [6, 6.07) is 22.7. The molecule has 3 heterocycles. The molecule has 2 aromatic heterocycles. The van der Waals surface area contributed by atoms with E-state index in [1.165, 1.54) is 32.9 Å². The van der Waals surface area contributed by atoms with Crippen molar-refractivity contribution < 1.29 is 0 Å². The fourth-order valence-corrected chi connectivity index (χ4v) is 6.27. The molecule has 0 spiro atoms. The molecule has 1 aliphatic heterocycles. The fourth-order valence-electron chi connectivity index (χ4n) is 4.42. The second-order valence-corrected chi connectivity index (χ2v) is 9.53. The average Bonchev–Trinajstić information content (AvgIpc) is 3.42. The van der Waals surface area contributed by atoms with E-state index < -0.39 is 0 Å². The summed E-state index contributed by atoms with van der Waals surface area (Å²) in [6.07, 6.45) is 3.90. The highest BCUT2D eigenvalue weighted by Gasteiger charge is 2.32. The van der Waals surface area contributed by atoms with Crippen molar-refractivity contribution in [1.29, 1.82) is 0 Å². The Bertz CT molecular complexity index is 1460. The molecule has 1 unspecified atom stereocenters. The lowest BCUT2D eigenvalue weighted by molar-refractivity contribution is 0.593. The van der Waals surface area contributed by atoms with Crippen molar-refractivity contribution in [1.82, 2.24) is 4.57 Å². The third kappa shape index (κ3) is 2.77. The van der Waals surface area contributed by atoms with Crippen LogP contribution in [-0.4, -0.2) is 4.57 Å². The number of hydrogen-bond donors (Lipinski definition) is 0. The first kappa shape index (κ1) is 17.8. The van der Waals surface area contributed by atoms with Crippen LogP contribution in [0, 0.1) is 0 Å². The molecule has 2 aliphatic rings. The number of rotatable bonds is 2. The summed E-state index contributed by atoms with van der Waals surface area (Å²) in [7, 11) is 0. The topological polar surface area (TPSA) is 34.4 Å². The quantitative estimate of drug-likeness (QED) is 0.468. The van der Waals surface area contributed by atoms with Crippen molar-refractivity contribution in [2.45, 2.75) is 18.9 Å². The van der Waals surface area contributed by atoms with Crippen molar-refractivity contribution >= 4 is 34.4 Å². The zero-order valence-electron chi connectivity index (χ0n) is 16.1. The Balaban J connectivity index is 1.64. The minimum absolute atomic E-state index is 0.0476. The summed E-state index contributed by atoms with van der Waals surface area (Å²) >= 11 is 3.20. The van der Waals surface area contributed by atoms with E-state index in [0.717, 1.165) is 33.4 Å². The minimum Gasteiger partial charge on any atom is -0.271 e. The van der Waals surface area contributed by atoms with Crippen molar-refractivity contribution in [2.75, 3.05) is 0 Å². The highest BCUT2D eigenvalue weighted by atomic mass is 32.1. The van der Waals surface area contributed by atoms with E-state index in [4.69, 9.17) is 4.99 Å². The van der Waals surface area contributed by atoms with E-state index in [-0.39, 0.29) is 11.6 Å². The van der Waals surface area contributed by atoms with E-state index in [0.29, 0.717) is 0 Å². The lowest BCUT2D eigenvalue weighted by Gasteiger charge is -2.30. The molecule has 0 saturated carbocycles. The second-order valence-electron chi connectivity index (χ2n) is 7.54. The van der Waals surface area contributed by atoms with Crippen molar-refractivity contribution in [3.8, 4) is 0 Å². The first-order valence-corrected chi connectivity index (χ1v) is 11.7. The molecule has 3 nitrogen and oxygen atoms in total. The molecule has 0 N–H and O–H groups in total. The van der Waals surface area contributed by atoms with E-state index in [1.54, 1.807) is 11.3 Å². The van der Waals surface area contributed by atoms with E-state index >= 15 is 0 Å². The summed E-state index contributed by atoms with van der Waals surface area (Å²) in [5.41, 5.74) is 5.95. The van der Waals surface area contributed by atoms with Gasteiger partial charge in [0, 0.05) is 10.4 Å². The van der Waals surface area contributed by atoms with Gasteiger partial charge in [-0.05, 0) is 47.1 Å². The van der Waals surface area contributed by atoms with E-state index in [9.17, 15) is 4.79 Å². The summed E-state index contributed by atoms with van der Waals surface area (Å²) < 4.78 is 2.65. The summed E-state index contributed by atoms with van der Waals surface area (Å²) in [5, 5.41) is 2.09. The Hall–Kier alpha value is -3.02. The van der Waals surface area contributed by atoms with Crippen LogP contribution in [0.25, 0.3) is 11.8 Å². The molecule has 4 aromatic rings. The minimum atomic E-state index is -0.0671. The largest absolute Gasteiger partial charge is 0.271 e. The third-order valence-corrected chi connectivity index (χ3v) is 7.69. The molecular formula is C25H18N2OS2. The molecule has 0 amide bonds. The number of thiophene rings is 1. The van der Waals surface area contributed by atoms with Crippen LogP contribution in [0.4, 0.5) is 0 Å². The maximum atomic E-state index is 13.5. The number of thiazole rings is 1. The van der Waals surface area contributed by atoms with Crippen LogP contribution in [0.2, 0.25) is 0 Å². The predicted octanol–water partition coefficient (Wildman–Crippen LogP) is 4.38. The highest BCUT2D eigenvalue weighted by Crippen LogP contribution is 2.42. The second kappa shape index (κ2) is 7.04. The van der Waals surface area contributed by atoms with Gasteiger partial charge in [-0.3, -0.25) is 9.36 Å². The van der Waals surface area contributed by atoms with E-state index in [1.807, 2.05) is 41.0 Å². The highest BCUT2D eigenvalue weighted by molar-refractivity contribution is 7.10. The number of hydrogen-bond acceptors (Lipinski definition) is 4. The summed E-state index contributed by atoms with van der Waals surface area (Å²) in [6.45, 7) is 0. The van der Waals surface area contributed by atoms with Crippen LogP contribution in [-0.2, 0) is 6.42 Å². The van der Waals surface area contributed by atoms with Crippen LogP contribution in [0.5, 0.6) is 0 Å². The first-order valence-electron chi connectivity index (χ1n) is 10.0. The smallest absolute Gasteiger partial charge is 0.271 e. The van der Waals surface area contributed by atoms with Crippen LogP contribution in [0.15, 0.2) is 87.5 Å². The van der Waals surface area contributed by atoms with Gasteiger partial charge >= 0.3 is 0 Å². The average molecular weight is 427 g/mol. The summed E-state index contributed by atoms with van der Waals surface area (Å²) in [4.78, 5) is 20.5. The number of allylic oxidation sites excluding steroid dienone is 1. The Labute approximate surface area is 181 Å². The molecule has 0 bridgehead atoms. The Morgan fingerprint density at radius 3 is 2.63 bits per heavy atom. The van der Waals surface area contributed by atoms with Crippen molar-refractivity contribution in [2.24, 2.45) is 4.99 Å². The molecule has 5 heteroatoms. The van der Waals surface area contributed by atoms with Crippen LogP contribution >= 0.6 is 22.7 Å². The van der Waals surface area contributed by atoms with E-state index in [2.05, 4.69) is 41.8 Å². The number of aromatic nitrogens is 1. The van der Waals surface area contributed by atoms with Crippen molar-refractivity contribution in [3.63, 3.8) is 0 Å². The van der Waals surface area contributed by atoms with Gasteiger partial charge in [0.05, 0.1) is 16.3 Å². The number of fused-ring (bicyclic) bond motifs is 3. The zero-order valence-corrected chi connectivity index (χ0v) is 17.7. The molecule has 30 heavy (non-hydrogen) atoms. The van der Waals surface area contributed by atoms with Gasteiger partial charge in [-0.1, -0.05) is 72.0 Å². The molecular weight excluding hydrogens is 408 g/mol. The standard InChI is InChI=1S/C25H18N2OS2/c28-24-21(15-16-7-2-1-3-8-16)30-25-26-22-18-10-5-4-9-17(18)12-13-19(22)23(27(24)25)20-11-6-14-29-20/h1-11,14-15,23H,12-13H2/b21-15+. The van der Waals surface area contributed by atoms with Crippen LogP contribution in [0.3, 0.4) is 0 Å². The van der Waals surface area contributed by atoms with Gasteiger partial charge in [0.25, 0.3) is 5.56 Å². The van der Waals surface area contributed by atoms with Gasteiger partial charge in [-0.2, -0.15) is 0 Å². The predicted molar refractivity (Wildman–Crippen MR) is 124 cm³/mol. The maximum absolute atomic E-state index is 13.5. The third-order valence-electron chi connectivity index (χ3n) is 5.78. The Kier molecular flexibility index (Phi) is 4.18. The fraction of sp³-hybridized carbons (Fsp3) is 0.120. The van der Waals surface area contributed by atoms with Gasteiger partial charge in [0.2, 0.25) is 0 Å². The van der Waals surface area contributed by atoms with Gasteiger partial charge in [-0.15, -0.1) is 11.3 Å². The molecule has 1 atom stereocenters. The molecule has 0 fully saturated rings. The number of nitrogens with zero attached hydrogens (tertiary/aromatic N) is 2. The molecule has 146 valence electrons. The number of aryl methyl sites for hydroxylation is 1. The molecule has 6 rings (SSSR count). The SMILES string of the molecule is O=c1/c(=C\c2ccccc2)sc2n1C(c1cccs1)C1=C(N=2)c2ccccc2CC1. The first-order chi connectivity index (χ1) is 14.8. The molecule has 2 aromatic carbocycles. The zero-order chi connectivity index (χ0) is 20.1. The summed E-state index contributed by atoms with van der Waals surface area (Å²) in [5.74, 6) is 0. The van der Waals surface area contributed by atoms with Crippen LogP contribution < -0.4 is 14.9 Å². The number of benzene rings is 2. The van der Waals surface area contributed by atoms with Gasteiger partial charge < -0.3 is 0 Å². The van der Waals surface area contributed by atoms with Gasteiger partial charge in [0.1, 0.15) is 0 Å². The monoisotopic (exact) mass is 426 g/mol. The lowest BCUT2D eigenvalue weighted by Crippen LogP contribution is -2.38. The Morgan fingerprint density at radius 1 is 0.967 bits per heavy atom.